The molecule has 0 aliphatic rings. The van der Waals surface area contributed by atoms with Crippen molar-refractivity contribution >= 4 is 28.1 Å². The van der Waals surface area contributed by atoms with E-state index in [0.29, 0.717) is 16.8 Å². The van der Waals surface area contributed by atoms with Gasteiger partial charge in [-0.25, -0.2) is 4.79 Å². The third-order valence-corrected chi connectivity index (χ3v) is 2.68. The molecule has 74 valence electrons. The fourth-order valence-electron chi connectivity index (χ4n) is 1.26. The fraction of sp³-hybridized carbons (Fsp3) is 0.125. The lowest BCUT2D eigenvalue weighted by molar-refractivity contribution is 0.535. The number of oxazole rings is 1. The average molecular weight is 212 g/mol. The molecule has 1 heterocycles. The maximum Gasteiger partial charge on any atom is 0.462 e. The van der Waals surface area contributed by atoms with Crippen molar-refractivity contribution < 1.29 is 8.97 Å². The number of nitrogens with two attached hydrogens (primary N) is 1. The van der Waals surface area contributed by atoms with Crippen LogP contribution in [0.3, 0.4) is 0 Å². The van der Waals surface area contributed by atoms with Gasteiger partial charge in [0.25, 0.3) is 0 Å². The van der Waals surface area contributed by atoms with Crippen LogP contribution in [0.4, 0.5) is 5.69 Å². The van der Waals surface area contributed by atoms with Gasteiger partial charge in [-0.2, -0.15) is 0 Å². The number of nitrogen functional groups attached to an aromatic ring is 1. The molecule has 14 heavy (non-hydrogen) atoms. The Bertz CT molecular complexity index is 529. The number of fused-ring (bicyclic) bond motifs is 1. The maximum absolute atomic E-state index is 11.3. The van der Waals surface area contributed by atoms with E-state index in [-0.39, 0.29) is 0 Å². The normalized spacial score (nSPS) is 13.3. The van der Waals surface area contributed by atoms with E-state index >= 15 is 0 Å². The summed E-state index contributed by atoms with van der Waals surface area (Å²) in [6, 6.07) is 4.76. The summed E-state index contributed by atoms with van der Waals surface area (Å²) < 4.78 is 17.2. The van der Waals surface area contributed by atoms with E-state index in [2.05, 4.69) is 0 Å². The minimum atomic E-state index is -1.44. The molecular weight excluding hydrogens is 204 g/mol. The summed E-state index contributed by atoms with van der Waals surface area (Å²) in [6.45, 7) is 0. The Morgan fingerprint density at radius 2 is 2.29 bits per heavy atom. The molecule has 0 fully saturated rings. The molecule has 1 atom stereocenters. The molecule has 6 heteroatoms. The van der Waals surface area contributed by atoms with Crippen LogP contribution in [-0.2, 0) is 11.4 Å². The second-order valence-electron chi connectivity index (χ2n) is 2.81. The van der Waals surface area contributed by atoms with E-state index in [1.54, 1.807) is 18.2 Å². The summed E-state index contributed by atoms with van der Waals surface area (Å²) in [6.07, 6.45) is 1.40. The van der Waals surface area contributed by atoms with E-state index in [4.69, 9.17) is 10.2 Å². The summed E-state index contributed by atoms with van der Waals surface area (Å²) in [5, 5.41) is 0. The van der Waals surface area contributed by atoms with Gasteiger partial charge in [0.15, 0.2) is 5.58 Å². The standard InChI is InChI=1S/C8H8N2O3S/c1-14(12)10-6-4-5(9)2-3-7(6)13-8(10)11/h2-4H,9H2,1H3. The van der Waals surface area contributed by atoms with E-state index in [0.717, 1.165) is 3.97 Å². The van der Waals surface area contributed by atoms with Crippen molar-refractivity contribution in [3.8, 4) is 0 Å². The quantitative estimate of drug-likeness (QED) is 0.545. The van der Waals surface area contributed by atoms with E-state index in [9.17, 15) is 9.35 Å². The van der Waals surface area contributed by atoms with Crippen LogP contribution >= 0.6 is 0 Å². The van der Waals surface area contributed by atoms with Gasteiger partial charge in [-0.3, -0.25) is 0 Å². The summed E-state index contributed by atoms with van der Waals surface area (Å²) in [5.41, 5.74) is 6.89. The fourth-order valence-corrected chi connectivity index (χ4v) is 1.92. The van der Waals surface area contributed by atoms with Crippen molar-refractivity contribution in [1.29, 1.82) is 0 Å². The summed E-state index contributed by atoms with van der Waals surface area (Å²) in [4.78, 5) is 11.3. The van der Waals surface area contributed by atoms with Crippen LogP contribution < -0.4 is 11.5 Å². The number of benzene rings is 1. The summed E-state index contributed by atoms with van der Waals surface area (Å²) in [5.74, 6) is -0.633. The van der Waals surface area contributed by atoms with Crippen LogP contribution in [0.2, 0.25) is 0 Å². The Kier molecular flexibility index (Phi) is 2.01. The lowest BCUT2D eigenvalue weighted by atomic mass is 10.3. The second-order valence-corrected chi connectivity index (χ2v) is 4.03. The van der Waals surface area contributed by atoms with E-state index in [1.807, 2.05) is 0 Å². The number of anilines is 1. The number of rotatable bonds is 1. The molecule has 2 aromatic rings. The van der Waals surface area contributed by atoms with Gasteiger partial charge in [-0.15, -0.1) is 0 Å². The highest BCUT2D eigenvalue weighted by molar-refractivity contribution is 7.89. The van der Waals surface area contributed by atoms with Crippen LogP contribution in [0.1, 0.15) is 0 Å². The molecule has 0 saturated heterocycles. The van der Waals surface area contributed by atoms with Gasteiger partial charge >= 0.3 is 5.76 Å². The minimum Gasteiger partial charge on any atom is -0.593 e. The van der Waals surface area contributed by atoms with Gasteiger partial charge in [0.2, 0.25) is 0 Å². The molecule has 1 aromatic carbocycles. The SMILES string of the molecule is C[S+]([O-])n1c(=O)oc2ccc(N)cc21. The van der Waals surface area contributed by atoms with Gasteiger partial charge in [0.05, 0.1) is 11.4 Å². The monoisotopic (exact) mass is 212 g/mol. The third kappa shape index (κ3) is 1.28. The first-order valence-corrected chi connectivity index (χ1v) is 5.36. The van der Waals surface area contributed by atoms with E-state index in [1.165, 1.54) is 6.26 Å². The predicted molar refractivity (Wildman–Crippen MR) is 54.4 cm³/mol. The summed E-state index contributed by atoms with van der Waals surface area (Å²) in [7, 11) is 0. The van der Waals surface area contributed by atoms with E-state index < -0.39 is 17.1 Å². The van der Waals surface area contributed by atoms with Crippen molar-refractivity contribution in [2.45, 2.75) is 0 Å². The highest BCUT2D eigenvalue weighted by Gasteiger charge is 2.16. The van der Waals surface area contributed by atoms with Crippen molar-refractivity contribution in [3.05, 3.63) is 28.7 Å². The Balaban J connectivity index is 2.86. The first kappa shape index (κ1) is 9.17. The molecular formula is C8H8N2O3S. The van der Waals surface area contributed by atoms with Crippen LogP contribution in [0, 0.1) is 0 Å². The van der Waals surface area contributed by atoms with Crippen LogP contribution in [-0.4, -0.2) is 14.8 Å². The van der Waals surface area contributed by atoms with Crippen molar-refractivity contribution in [3.63, 3.8) is 0 Å². The zero-order chi connectivity index (χ0) is 10.3. The van der Waals surface area contributed by atoms with Gasteiger partial charge in [0, 0.05) is 5.69 Å². The minimum absolute atomic E-state index is 0.388. The average Bonchev–Trinajstić information content (AvgIpc) is 2.40. The lowest BCUT2D eigenvalue weighted by Gasteiger charge is -2.02. The topological polar surface area (TPSA) is 84.2 Å². The molecule has 5 nitrogen and oxygen atoms in total. The molecule has 0 amide bonds. The van der Waals surface area contributed by atoms with Gasteiger partial charge in [-0.05, 0) is 18.2 Å². The van der Waals surface area contributed by atoms with Crippen molar-refractivity contribution in [1.82, 2.24) is 3.97 Å². The zero-order valence-corrected chi connectivity index (χ0v) is 8.21. The number of hydrogen-bond donors (Lipinski definition) is 1. The Hall–Kier alpha value is -1.40. The molecule has 0 saturated carbocycles. The summed E-state index contributed by atoms with van der Waals surface area (Å²) >= 11 is -1.44. The molecule has 0 radical (unpaired) electrons. The first-order chi connectivity index (χ1) is 6.59. The van der Waals surface area contributed by atoms with Crippen LogP contribution in [0.15, 0.2) is 27.4 Å². The number of aromatic nitrogens is 1. The largest absolute Gasteiger partial charge is 0.593 e. The Morgan fingerprint density at radius 3 is 2.93 bits per heavy atom. The highest BCUT2D eigenvalue weighted by atomic mass is 32.2. The molecule has 2 rings (SSSR count). The maximum atomic E-state index is 11.3. The van der Waals surface area contributed by atoms with Crippen LogP contribution in [0.25, 0.3) is 11.1 Å². The highest BCUT2D eigenvalue weighted by Crippen LogP contribution is 2.17. The molecule has 1 aromatic heterocycles. The lowest BCUT2D eigenvalue weighted by Crippen LogP contribution is -2.21. The molecule has 0 aliphatic carbocycles. The van der Waals surface area contributed by atoms with Gasteiger partial charge in [-0.1, -0.05) is 3.97 Å². The predicted octanol–water partition coefficient (Wildman–Crippen LogP) is 0.318. The molecule has 1 unspecified atom stereocenters. The van der Waals surface area contributed by atoms with Crippen molar-refractivity contribution in [2.75, 3.05) is 12.0 Å². The molecule has 0 bridgehead atoms. The van der Waals surface area contributed by atoms with Crippen LogP contribution in [0.5, 0.6) is 0 Å². The third-order valence-electron chi connectivity index (χ3n) is 1.82. The Labute approximate surface area is 82.4 Å². The zero-order valence-electron chi connectivity index (χ0n) is 7.39. The number of nitrogens with zero attached hydrogens (tertiary/aromatic N) is 1. The molecule has 0 aliphatic heterocycles. The van der Waals surface area contributed by atoms with Crippen molar-refractivity contribution in [2.24, 2.45) is 0 Å². The number of hydrogen-bond acceptors (Lipinski definition) is 4. The second kappa shape index (κ2) is 3.07. The van der Waals surface area contributed by atoms with Gasteiger partial charge in [0.1, 0.15) is 11.8 Å². The molecule has 2 N–H and O–H groups in total. The first-order valence-electron chi connectivity index (χ1n) is 3.84. The molecule has 0 spiro atoms. The van der Waals surface area contributed by atoms with Gasteiger partial charge < -0.3 is 14.7 Å². The smallest absolute Gasteiger partial charge is 0.462 e. The Morgan fingerprint density at radius 1 is 1.57 bits per heavy atom.